The number of fused-ring (bicyclic) bond motifs is 1. The van der Waals surface area contributed by atoms with Gasteiger partial charge in [0.05, 0.1) is 6.54 Å². The Bertz CT molecular complexity index is 653. The molecule has 0 aliphatic carbocycles. The maximum Gasteiger partial charge on any atom is 0.320 e. The van der Waals surface area contributed by atoms with E-state index < -0.39 is 0 Å². The lowest BCUT2D eigenvalue weighted by Gasteiger charge is -2.31. The SMILES string of the molecule is CCCN(C)C(=O)N1CCn2c(nnc2-c2cccnc2)C1. The Kier molecular flexibility index (Phi) is 4.04. The first-order chi connectivity index (χ1) is 10.7. The van der Waals surface area contributed by atoms with Crippen molar-refractivity contribution in [1.29, 1.82) is 0 Å². The highest BCUT2D eigenvalue weighted by Crippen LogP contribution is 2.21. The van der Waals surface area contributed by atoms with E-state index in [0.717, 1.165) is 30.2 Å². The van der Waals surface area contributed by atoms with E-state index >= 15 is 0 Å². The number of pyridine rings is 1. The molecule has 0 radical (unpaired) electrons. The molecule has 3 rings (SSSR count). The van der Waals surface area contributed by atoms with E-state index in [0.29, 0.717) is 19.6 Å². The molecule has 0 aromatic carbocycles. The van der Waals surface area contributed by atoms with Crippen molar-refractivity contribution < 1.29 is 4.79 Å². The second kappa shape index (κ2) is 6.13. The summed E-state index contributed by atoms with van der Waals surface area (Å²) in [4.78, 5) is 20.1. The largest absolute Gasteiger partial charge is 0.328 e. The Balaban J connectivity index is 1.78. The van der Waals surface area contributed by atoms with Gasteiger partial charge in [0.2, 0.25) is 0 Å². The second-order valence-electron chi connectivity index (χ2n) is 5.46. The number of amides is 2. The van der Waals surface area contributed by atoms with Gasteiger partial charge in [0, 0.05) is 44.6 Å². The van der Waals surface area contributed by atoms with Crippen LogP contribution in [0.4, 0.5) is 4.79 Å². The molecule has 0 fully saturated rings. The Labute approximate surface area is 129 Å². The van der Waals surface area contributed by atoms with Crippen LogP contribution < -0.4 is 0 Å². The number of carbonyl (C=O) groups is 1. The normalized spacial score (nSPS) is 13.8. The average Bonchev–Trinajstić information content (AvgIpc) is 2.98. The van der Waals surface area contributed by atoms with Crippen LogP contribution in [0.3, 0.4) is 0 Å². The lowest BCUT2D eigenvalue weighted by molar-refractivity contribution is 0.149. The molecule has 0 bridgehead atoms. The zero-order valence-corrected chi connectivity index (χ0v) is 12.9. The number of urea groups is 1. The predicted octanol–water partition coefficient (Wildman–Crippen LogP) is 1.62. The maximum absolute atomic E-state index is 12.4. The van der Waals surface area contributed by atoms with Gasteiger partial charge in [-0.05, 0) is 18.6 Å². The number of rotatable bonds is 3. The third kappa shape index (κ3) is 2.66. The van der Waals surface area contributed by atoms with Crippen LogP contribution in [0, 0.1) is 0 Å². The minimum absolute atomic E-state index is 0.0547. The zero-order valence-electron chi connectivity index (χ0n) is 12.9. The molecule has 0 spiro atoms. The van der Waals surface area contributed by atoms with E-state index in [4.69, 9.17) is 0 Å². The van der Waals surface area contributed by atoms with Crippen molar-refractivity contribution in [2.45, 2.75) is 26.4 Å². The third-order valence-electron chi connectivity index (χ3n) is 3.83. The van der Waals surface area contributed by atoms with Gasteiger partial charge in [-0.25, -0.2) is 4.79 Å². The topological polar surface area (TPSA) is 67.2 Å². The molecule has 0 N–H and O–H groups in total. The number of hydrogen-bond acceptors (Lipinski definition) is 4. The van der Waals surface area contributed by atoms with E-state index in [9.17, 15) is 4.79 Å². The molecule has 0 atom stereocenters. The lowest BCUT2D eigenvalue weighted by atomic mass is 10.2. The maximum atomic E-state index is 12.4. The van der Waals surface area contributed by atoms with E-state index in [1.165, 1.54) is 0 Å². The molecule has 7 nitrogen and oxygen atoms in total. The van der Waals surface area contributed by atoms with Crippen molar-refractivity contribution in [2.75, 3.05) is 20.1 Å². The molecule has 2 amide bonds. The van der Waals surface area contributed by atoms with Crippen molar-refractivity contribution in [1.82, 2.24) is 29.5 Å². The van der Waals surface area contributed by atoms with Crippen LogP contribution in [-0.2, 0) is 13.1 Å². The second-order valence-corrected chi connectivity index (χ2v) is 5.46. The first-order valence-electron chi connectivity index (χ1n) is 7.53. The van der Waals surface area contributed by atoms with Gasteiger partial charge in [0.25, 0.3) is 0 Å². The van der Waals surface area contributed by atoms with Gasteiger partial charge < -0.3 is 14.4 Å². The van der Waals surface area contributed by atoms with Crippen LogP contribution in [0.1, 0.15) is 19.2 Å². The van der Waals surface area contributed by atoms with Crippen LogP contribution >= 0.6 is 0 Å². The summed E-state index contributed by atoms with van der Waals surface area (Å²) in [6.45, 7) is 4.71. The minimum atomic E-state index is 0.0547. The van der Waals surface area contributed by atoms with Gasteiger partial charge in [-0.15, -0.1) is 10.2 Å². The fourth-order valence-electron chi connectivity index (χ4n) is 2.70. The van der Waals surface area contributed by atoms with Crippen LogP contribution in [0.15, 0.2) is 24.5 Å². The highest BCUT2D eigenvalue weighted by molar-refractivity contribution is 5.74. The minimum Gasteiger partial charge on any atom is -0.328 e. The molecule has 7 heteroatoms. The first-order valence-corrected chi connectivity index (χ1v) is 7.53. The van der Waals surface area contributed by atoms with Gasteiger partial charge in [0.15, 0.2) is 11.6 Å². The van der Waals surface area contributed by atoms with Gasteiger partial charge in [0.1, 0.15) is 0 Å². The lowest BCUT2D eigenvalue weighted by Crippen LogP contribution is -2.45. The Morgan fingerprint density at radius 3 is 2.95 bits per heavy atom. The average molecular weight is 300 g/mol. The van der Waals surface area contributed by atoms with Crippen molar-refractivity contribution in [3.63, 3.8) is 0 Å². The fourth-order valence-corrected chi connectivity index (χ4v) is 2.70. The highest BCUT2D eigenvalue weighted by atomic mass is 16.2. The molecule has 1 aliphatic heterocycles. The summed E-state index contributed by atoms with van der Waals surface area (Å²) >= 11 is 0. The molecular formula is C15H20N6O. The molecule has 2 aromatic heterocycles. The Hall–Kier alpha value is -2.44. The number of carbonyl (C=O) groups excluding carboxylic acids is 1. The van der Waals surface area contributed by atoms with Crippen LogP contribution in [0.25, 0.3) is 11.4 Å². The van der Waals surface area contributed by atoms with Crippen LogP contribution in [0.5, 0.6) is 0 Å². The molecular weight excluding hydrogens is 280 g/mol. The van der Waals surface area contributed by atoms with Gasteiger partial charge >= 0.3 is 6.03 Å². The molecule has 116 valence electrons. The van der Waals surface area contributed by atoms with Crippen molar-refractivity contribution >= 4 is 6.03 Å². The summed E-state index contributed by atoms with van der Waals surface area (Å²) in [5, 5.41) is 8.51. The summed E-state index contributed by atoms with van der Waals surface area (Å²) < 4.78 is 2.07. The molecule has 0 unspecified atom stereocenters. The molecule has 3 heterocycles. The molecule has 0 saturated carbocycles. The standard InChI is InChI=1S/C15H20N6O/c1-3-7-19(2)15(22)20-8-9-21-13(11-20)17-18-14(21)12-5-4-6-16-10-12/h4-6,10H,3,7-9,11H2,1-2H3. The third-order valence-corrected chi connectivity index (χ3v) is 3.83. The zero-order chi connectivity index (χ0) is 15.5. The Morgan fingerprint density at radius 1 is 1.36 bits per heavy atom. The summed E-state index contributed by atoms with van der Waals surface area (Å²) in [5.74, 6) is 1.64. The van der Waals surface area contributed by atoms with E-state index in [1.54, 1.807) is 17.3 Å². The predicted molar refractivity (Wildman–Crippen MR) is 82.0 cm³/mol. The van der Waals surface area contributed by atoms with Gasteiger partial charge in [-0.1, -0.05) is 6.92 Å². The van der Waals surface area contributed by atoms with E-state index in [2.05, 4.69) is 26.7 Å². The number of aromatic nitrogens is 4. The molecule has 1 aliphatic rings. The van der Waals surface area contributed by atoms with Gasteiger partial charge in [-0.3, -0.25) is 4.98 Å². The molecule has 2 aromatic rings. The molecule has 0 saturated heterocycles. The van der Waals surface area contributed by atoms with Crippen LogP contribution in [-0.4, -0.2) is 55.7 Å². The first kappa shape index (κ1) is 14.5. The molecule has 22 heavy (non-hydrogen) atoms. The number of nitrogens with zero attached hydrogens (tertiary/aromatic N) is 6. The summed E-state index contributed by atoms with van der Waals surface area (Å²) in [7, 11) is 1.84. The summed E-state index contributed by atoms with van der Waals surface area (Å²) in [6, 6.07) is 3.91. The monoisotopic (exact) mass is 300 g/mol. The van der Waals surface area contributed by atoms with Crippen molar-refractivity contribution in [3.05, 3.63) is 30.4 Å². The van der Waals surface area contributed by atoms with Crippen molar-refractivity contribution in [2.24, 2.45) is 0 Å². The highest BCUT2D eigenvalue weighted by Gasteiger charge is 2.26. The van der Waals surface area contributed by atoms with E-state index in [-0.39, 0.29) is 6.03 Å². The van der Waals surface area contributed by atoms with Crippen LogP contribution in [0.2, 0.25) is 0 Å². The van der Waals surface area contributed by atoms with E-state index in [1.807, 2.05) is 24.1 Å². The summed E-state index contributed by atoms with van der Waals surface area (Å²) in [5.41, 5.74) is 0.948. The van der Waals surface area contributed by atoms with Crippen molar-refractivity contribution in [3.8, 4) is 11.4 Å². The fraction of sp³-hybridized carbons (Fsp3) is 0.467. The van der Waals surface area contributed by atoms with Gasteiger partial charge in [-0.2, -0.15) is 0 Å². The quantitative estimate of drug-likeness (QED) is 0.864. The Morgan fingerprint density at radius 2 is 2.23 bits per heavy atom. The summed E-state index contributed by atoms with van der Waals surface area (Å²) in [6.07, 6.45) is 4.47. The smallest absolute Gasteiger partial charge is 0.320 e. The number of hydrogen-bond donors (Lipinski definition) is 0.